The van der Waals surface area contributed by atoms with Crippen molar-refractivity contribution in [3.8, 4) is 0 Å². The van der Waals surface area contributed by atoms with E-state index >= 15 is 0 Å². The molecule has 2 fully saturated rings. The highest BCUT2D eigenvalue weighted by Crippen LogP contribution is 2.49. The van der Waals surface area contributed by atoms with Crippen LogP contribution < -0.4 is 0 Å². The van der Waals surface area contributed by atoms with Gasteiger partial charge in [0.05, 0.1) is 0 Å². The van der Waals surface area contributed by atoms with Gasteiger partial charge in [-0.05, 0) is 35.1 Å². The van der Waals surface area contributed by atoms with E-state index in [-0.39, 0.29) is 31.0 Å². The number of hydrogen-bond donors (Lipinski definition) is 0. The van der Waals surface area contributed by atoms with Crippen molar-refractivity contribution >= 4 is 11.8 Å². The van der Waals surface area contributed by atoms with Crippen LogP contribution in [0.2, 0.25) is 0 Å². The van der Waals surface area contributed by atoms with E-state index in [1.807, 2.05) is 0 Å². The Kier molecular flexibility index (Phi) is 6.39. The van der Waals surface area contributed by atoms with Crippen molar-refractivity contribution in [1.82, 2.24) is 30.0 Å². The lowest BCUT2D eigenvalue weighted by Crippen LogP contribution is -2.53. The first-order valence-electron chi connectivity index (χ1n) is 9.85. The molecule has 2 saturated heterocycles. The predicted molar refractivity (Wildman–Crippen MR) is 92.4 cm³/mol. The third kappa shape index (κ3) is 4.80. The van der Waals surface area contributed by atoms with Crippen LogP contribution in [0.4, 0.5) is 30.7 Å². The standard InChI is InChI=1S/C17H21F7N6O2/c18-15(16(19,20)21,17(22,23)24)2-1-12(31)29-8-5-14(10-29)3-6-28(7-4-14)13(32)9-30-11-25-26-27-30/h11H,1-10H2. The molecule has 32 heavy (non-hydrogen) atoms. The van der Waals surface area contributed by atoms with E-state index < -0.39 is 36.8 Å². The fourth-order valence-electron chi connectivity index (χ4n) is 4.16. The van der Waals surface area contributed by atoms with Gasteiger partial charge in [0.1, 0.15) is 12.9 Å². The Morgan fingerprint density at radius 3 is 1.94 bits per heavy atom. The zero-order valence-corrected chi connectivity index (χ0v) is 16.8. The number of aromatic nitrogens is 4. The highest BCUT2D eigenvalue weighted by atomic mass is 19.4. The average molecular weight is 474 g/mol. The van der Waals surface area contributed by atoms with E-state index in [0.29, 0.717) is 32.4 Å². The Morgan fingerprint density at radius 2 is 1.44 bits per heavy atom. The van der Waals surface area contributed by atoms with Crippen LogP contribution in [0.1, 0.15) is 32.1 Å². The first-order valence-corrected chi connectivity index (χ1v) is 9.85. The highest BCUT2D eigenvalue weighted by molar-refractivity contribution is 5.77. The van der Waals surface area contributed by atoms with Crippen LogP contribution in [0, 0.1) is 5.41 Å². The number of nitrogens with zero attached hydrogens (tertiary/aromatic N) is 6. The Hall–Kier alpha value is -2.48. The molecule has 2 aliphatic rings. The van der Waals surface area contributed by atoms with Crippen LogP contribution in [0.5, 0.6) is 0 Å². The summed E-state index contributed by atoms with van der Waals surface area (Å²) in [5, 5.41) is 10.5. The number of halogens is 7. The van der Waals surface area contributed by atoms with E-state index in [1.54, 1.807) is 4.90 Å². The summed E-state index contributed by atoms with van der Waals surface area (Å²) in [6.45, 7) is 1.05. The zero-order valence-electron chi connectivity index (χ0n) is 16.8. The normalized spacial score (nSPS) is 19.6. The molecule has 0 aliphatic carbocycles. The summed E-state index contributed by atoms with van der Waals surface area (Å²) in [4.78, 5) is 27.4. The molecule has 0 bridgehead atoms. The second-order valence-corrected chi connectivity index (χ2v) is 8.25. The molecule has 2 aliphatic heterocycles. The van der Waals surface area contributed by atoms with Crippen LogP contribution in [0.15, 0.2) is 6.33 Å². The van der Waals surface area contributed by atoms with Crippen LogP contribution in [-0.2, 0) is 16.1 Å². The summed E-state index contributed by atoms with van der Waals surface area (Å²) in [7, 11) is 0. The molecule has 3 heterocycles. The van der Waals surface area contributed by atoms with Gasteiger partial charge >= 0.3 is 12.4 Å². The number of hydrogen-bond acceptors (Lipinski definition) is 5. The van der Waals surface area contributed by atoms with Gasteiger partial charge in [-0.25, -0.2) is 9.07 Å². The molecule has 0 aromatic carbocycles. The molecular weight excluding hydrogens is 453 g/mol. The number of likely N-dealkylation sites (tertiary alicyclic amines) is 2. The maximum Gasteiger partial charge on any atom is 0.431 e. The van der Waals surface area contributed by atoms with Crippen molar-refractivity contribution in [3.63, 3.8) is 0 Å². The lowest BCUT2D eigenvalue weighted by Gasteiger charge is -2.39. The number of amides is 2. The van der Waals surface area contributed by atoms with Crippen molar-refractivity contribution < 1.29 is 40.3 Å². The topological polar surface area (TPSA) is 84.2 Å². The number of rotatable bonds is 5. The third-order valence-electron chi connectivity index (χ3n) is 6.24. The summed E-state index contributed by atoms with van der Waals surface area (Å²) in [6.07, 6.45) is -12.7. The molecule has 3 rings (SSSR count). The van der Waals surface area contributed by atoms with Gasteiger partial charge in [-0.15, -0.1) is 5.10 Å². The molecule has 0 saturated carbocycles. The van der Waals surface area contributed by atoms with Gasteiger partial charge in [-0.1, -0.05) is 0 Å². The van der Waals surface area contributed by atoms with E-state index in [4.69, 9.17) is 0 Å². The van der Waals surface area contributed by atoms with Gasteiger partial charge in [0, 0.05) is 39.0 Å². The SMILES string of the molecule is O=C(Cn1cnnn1)N1CCC2(CC1)CCN(C(=O)CCC(F)(C(F)(F)F)C(F)(F)F)C2. The molecule has 15 heteroatoms. The van der Waals surface area contributed by atoms with Crippen molar-refractivity contribution in [3.05, 3.63) is 6.33 Å². The van der Waals surface area contributed by atoms with Crippen molar-refractivity contribution in [1.29, 1.82) is 0 Å². The predicted octanol–water partition coefficient (Wildman–Crippen LogP) is 2.13. The Bertz CT molecular complexity index is 804. The molecule has 1 spiro atoms. The Morgan fingerprint density at radius 1 is 0.875 bits per heavy atom. The van der Waals surface area contributed by atoms with E-state index in [9.17, 15) is 40.3 Å². The van der Waals surface area contributed by atoms with Crippen molar-refractivity contribution in [2.45, 2.75) is 56.7 Å². The number of alkyl halides is 7. The van der Waals surface area contributed by atoms with Crippen LogP contribution in [0.25, 0.3) is 0 Å². The molecular formula is C17H21F7N6O2. The van der Waals surface area contributed by atoms with E-state index in [1.165, 1.54) is 15.9 Å². The van der Waals surface area contributed by atoms with Crippen molar-refractivity contribution in [2.24, 2.45) is 5.41 Å². The first-order chi connectivity index (χ1) is 14.8. The quantitative estimate of drug-likeness (QED) is 0.611. The molecule has 2 amide bonds. The average Bonchev–Trinajstić information content (AvgIpc) is 3.35. The van der Waals surface area contributed by atoms with E-state index in [0.717, 1.165) is 0 Å². The molecule has 0 N–H and O–H groups in total. The minimum absolute atomic E-state index is 0.0337. The van der Waals surface area contributed by atoms with Gasteiger partial charge < -0.3 is 9.80 Å². The minimum Gasteiger partial charge on any atom is -0.342 e. The van der Waals surface area contributed by atoms with Gasteiger partial charge in [-0.2, -0.15) is 26.3 Å². The Balaban J connectivity index is 1.52. The van der Waals surface area contributed by atoms with Crippen molar-refractivity contribution in [2.75, 3.05) is 26.2 Å². The molecule has 0 atom stereocenters. The summed E-state index contributed by atoms with van der Waals surface area (Å²) in [5.74, 6) is -1.15. The molecule has 1 aromatic rings. The fraction of sp³-hybridized carbons (Fsp3) is 0.824. The lowest BCUT2D eigenvalue weighted by atomic mass is 9.78. The lowest BCUT2D eigenvalue weighted by molar-refractivity contribution is -0.343. The zero-order chi connectivity index (χ0) is 23.8. The van der Waals surface area contributed by atoms with Gasteiger partial charge in [0.25, 0.3) is 5.67 Å². The minimum atomic E-state index is -6.17. The summed E-state index contributed by atoms with van der Waals surface area (Å²) in [6, 6.07) is 0. The fourth-order valence-corrected chi connectivity index (χ4v) is 4.16. The maximum absolute atomic E-state index is 13.8. The maximum atomic E-state index is 13.8. The second-order valence-electron chi connectivity index (χ2n) is 8.25. The van der Waals surface area contributed by atoms with Crippen LogP contribution in [-0.4, -0.2) is 86.0 Å². The number of piperidine rings is 1. The van der Waals surface area contributed by atoms with E-state index in [2.05, 4.69) is 15.5 Å². The van der Waals surface area contributed by atoms with Crippen LogP contribution in [0.3, 0.4) is 0 Å². The van der Waals surface area contributed by atoms with Gasteiger partial charge in [0.15, 0.2) is 0 Å². The summed E-state index contributed by atoms with van der Waals surface area (Å²) >= 11 is 0. The molecule has 180 valence electrons. The summed E-state index contributed by atoms with van der Waals surface area (Å²) < 4.78 is 91.1. The summed E-state index contributed by atoms with van der Waals surface area (Å²) in [5.41, 5.74) is -5.81. The number of tetrazole rings is 1. The van der Waals surface area contributed by atoms with Gasteiger partial charge in [-0.3, -0.25) is 9.59 Å². The Labute approximate surface area is 177 Å². The van der Waals surface area contributed by atoms with Crippen LogP contribution >= 0.6 is 0 Å². The second kappa shape index (κ2) is 8.46. The number of carbonyl (C=O) groups excluding carboxylic acids is 2. The smallest absolute Gasteiger partial charge is 0.342 e. The molecule has 0 unspecified atom stereocenters. The molecule has 0 radical (unpaired) electrons. The monoisotopic (exact) mass is 474 g/mol. The molecule has 1 aromatic heterocycles. The number of carbonyl (C=O) groups is 2. The highest BCUT2D eigenvalue weighted by Gasteiger charge is 2.72. The largest absolute Gasteiger partial charge is 0.431 e. The third-order valence-corrected chi connectivity index (χ3v) is 6.24. The first kappa shape index (κ1) is 24.2. The molecule has 8 nitrogen and oxygen atoms in total. The van der Waals surface area contributed by atoms with Gasteiger partial charge in [0.2, 0.25) is 11.8 Å².